The number of nitrogens with zero attached hydrogens (tertiary/aromatic N) is 3. The second kappa shape index (κ2) is 9.47. The van der Waals surface area contributed by atoms with Crippen LogP contribution in [0.4, 0.5) is 5.69 Å². The first kappa shape index (κ1) is 23.6. The summed E-state index contributed by atoms with van der Waals surface area (Å²) in [7, 11) is -3.21. The van der Waals surface area contributed by atoms with Gasteiger partial charge in [0.2, 0.25) is 0 Å². The topological polar surface area (TPSA) is 69.3 Å². The molecule has 0 saturated carbocycles. The number of sulfone groups is 1. The highest BCUT2D eigenvalue weighted by Gasteiger charge is 2.18. The van der Waals surface area contributed by atoms with E-state index in [9.17, 15) is 8.42 Å². The number of H-pyrrole nitrogens is 1. The lowest BCUT2D eigenvalue weighted by molar-refractivity contribution is 0.231. The Hall–Kier alpha value is -3.16. The Morgan fingerprint density at radius 2 is 1.57 bits per heavy atom. The molecule has 4 aromatic rings. The number of rotatable bonds is 6. The molecular formula is C28H32N4O2S. The van der Waals surface area contributed by atoms with E-state index in [-0.39, 0.29) is 0 Å². The minimum Gasteiger partial charge on any atom is -0.369 e. The minimum atomic E-state index is -3.21. The van der Waals surface area contributed by atoms with Gasteiger partial charge in [0.1, 0.15) is 0 Å². The van der Waals surface area contributed by atoms with Gasteiger partial charge in [-0.15, -0.1) is 0 Å². The molecule has 1 N–H and O–H groups in total. The quantitative estimate of drug-likeness (QED) is 0.410. The van der Waals surface area contributed by atoms with Crippen molar-refractivity contribution in [1.82, 2.24) is 14.9 Å². The third kappa shape index (κ3) is 5.26. The molecule has 0 bridgehead atoms. The lowest BCUT2D eigenvalue weighted by Crippen LogP contribution is -2.47. The second-order valence-corrected chi connectivity index (χ2v) is 11.9. The first-order valence-electron chi connectivity index (χ1n) is 12.1. The van der Waals surface area contributed by atoms with Crippen LogP contribution < -0.4 is 4.90 Å². The molecule has 182 valence electrons. The molecule has 1 saturated heterocycles. The van der Waals surface area contributed by atoms with Gasteiger partial charge in [0.05, 0.1) is 10.6 Å². The molecule has 0 radical (unpaired) electrons. The number of fused-ring (bicyclic) bond motifs is 1. The third-order valence-electron chi connectivity index (χ3n) is 6.62. The van der Waals surface area contributed by atoms with Crippen molar-refractivity contribution in [1.29, 1.82) is 0 Å². The zero-order valence-electron chi connectivity index (χ0n) is 20.5. The molecule has 1 aliphatic rings. The summed E-state index contributed by atoms with van der Waals surface area (Å²) >= 11 is 0. The SMILES string of the molecule is CC(C)CN1CCN(c2ccc(-c3cc4[nH]c(-c5ccc(S(C)(=O)=O)cc5)cc4cn3)cc2)CC1. The second-order valence-electron chi connectivity index (χ2n) is 9.86. The summed E-state index contributed by atoms with van der Waals surface area (Å²) in [6.07, 6.45) is 3.11. The van der Waals surface area contributed by atoms with Crippen molar-refractivity contribution in [2.75, 3.05) is 43.9 Å². The Bertz CT molecular complexity index is 1420. The van der Waals surface area contributed by atoms with E-state index in [4.69, 9.17) is 4.98 Å². The van der Waals surface area contributed by atoms with E-state index < -0.39 is 9.84 Å². The van der Waals surface area contributed by atoms with Crippen LogP contribution >= 0.6 is 0 Å². The molecule has 1 fully saturated rings. The van der Waals surface area contributed by atoms with Gasteiger partial charge in [-0.05, 0) is 47.9 Å². The number of piperazine rings is 1. The van der Waals surface area contributed by atoms with Gasteiger partial charge in [0.25, 0.3) is 0 Å². The number of nitrogens with one attached hydrogen (secondary N) is 1. The molecule has 3 heterocycles. The lowest BCUT2D eigenvalue weighted by atomic mass is 10.1. The van der Waals surface area contributed by atoms with E-state index in [0.717, 1.165) is 59.6 Å². The molecule has 6 nitrogen and oxygen atoms in total. The van der Waals surface area contributed by atoms with Gasteiger partial charge >= 0.3 is 0 Å². The molecule has 7 heteroatoms. The van der Waals surface area contributed by atoms with Crippen LogP contribution in [0.3, 0.4) is 0 Å². The molecule has 2 aromatic carbocycles. The molecule has 0 spiro atoms. The summed E-state index contributed by atoms with van der Waals surface area (Å²) in [6.45, 7) is 10.1. The summed E-state index contributed by atoms with van der Waals surface area (Å²) in [6, 6.07) is 19.8. The number of benzene rings is 2. The standard InChI is InChI=1S/C28H32N4O2S/c1-20(2)19-31-12-14-32(15-13-31)24-8-4-21(5-9-24)26-17-28-23(18-29-26)16-27(30-28)22-6-10-25(11-7-22)35(3,33)34/h4-11,16-18,20,30H,12-15,19H2,1-3H3. The fourth-order valence-corrected chi connectivity index (χ4v) is 5.40. The van der Waals surface area contributed by atoms with Crippen molar-refractivity contribution in [2.24, 2.45) is 5.92 Å². The zero-order valence-corrected chi connectivity index (χ0v) is 21.3. The van der Waals surface area contributed by atoms with Gasteiger partial charge in [0, 0.05) is 73.0 Å². The van der Waals surface area contributed by atoms with Gasteiger partial charge < -0.3 is 9.88 Å². The molecule has 0 atom stereocenters. The average molecular weight is 489 g/mol. The van der Waals surface area contributed by atoms with Crippen molar-refractivity contribution in [3.63, 3.8) is 0 Å². The fraction of sp³-hybridized carbons (Fsp3) is 0.321. The normalized spacial score (nSPS) is 15.3. The van der Waals surface area contributed by atoms with Gasteiger partial charge in [-0.1, -0.05) is 38.1 Å². The number of hydrogen-bond acceptors (Lipinski definition) is 5. The number of aromatic nitrogens is 2. The van der Waals surface area contributed by atoms with Crippen LogP contribution in [0.1, 0.15) is 13.8 Å². The van der Waals surface area contributed by atoms with E-state index in [1.165, 1.54) is 18.5 Å². The summed E-state index contributed by atoms with van der Waals surface area (Å²) in [5.74, 6) is 0.710. The van der Waals surface area contributed by atoms with E-state index in [2.05, 4.69) is 59.0 Å². The number of anilines is 1. The average Bonchev–Trinajstić information content (AvgIpc) is 3.27. The highest BCUT2D eigenvalue weighted by atomic mass is 32.2. The van der Waals surface area contributed by atoms with Crippen LogP contribution in [0.25, 0.3) is 33.4 Å². The molecule has 35 heavy (non-hydrogen) atoms. The van der Waals surface area contributed by atoms with Crippen molar-refractivity contribution < 1.29 is 8.42 Å². The lowest BCUT2D eigenvalue weighted by Gasteiger charge is -2.36. The summed E-state index contributed by atoms with van der Waals surface area (Å²) in [4.78, 5) is 13.5. The van der Waals surface area contributed by atoms with Crippen LogP contribution in [0, 0.1) is 5.92 Å². The van der Waals surface area contributed by atoms with Gasteiger partial charge in [-0.3, -0.25) is 9.88 Å². The number of aromatic amines is 1. The maximum atomic E-state index is 11.7. The predicted octanol–water partition coefficient (Wildman–Crippen LogP) is 5.08. The maximum absolute atomic E-state index is 11.7. The van der Waals surface area contributed by atoms with Crippen molar-refractivity contribution in [3.8, 4) is 22.5 Å². The summed E-state index contributed by atoms with van der Waals surface area (Å²) in [5.41, 5.74) is 6.15. The molecule has 0 aliphatic carbocycles. The Labute approximate surface area is 207 Å². The Balaban J connectivity index is 1.31. The fourth-order valence-electron chi connectivity index (χ4n) is 4.77. The molecular weight excluding hydrogens is 456 g/mol. The van der Waals surface area contributed by atoms with Gasteiger partial charge in [-0.2, -0.15) is 0 Å². The van der Waals surface area contributed by atoms with Crippen LogP contribution in [0.2, 0.25) is 0 Å². The summed E-state index contributed by atoms with van der Waals surface area (Å²) < 4.78 is 23.5. The van der Waals surface area contributed by atoms with E-state index >= 15 is 0 Å². The highest BCUT2D eigenvalue weighted by molar-refractivity contribution is 7.90. The summed E-state index contributed by atoms with van der Waals surface area (Å²) in [5, 5.41) is 1.02. The largest absolute Gasteiger partial charge is 0.369 e. The molecule has 0 amide bonds. The van der Waals surface area contributed by atoms with Crippen LogP contribution in [-0.2, 0) is 9.84 Å². The van der Waals surface area contributed by atoms with Crippen LogP contribution in [0.15, 0.2) is 71.8 Å². The van der Waals surface area contributed by atoms with Gasteiger partial charge in [0.15, 0.2) is 9.84 Å². The zero-order chi connectivity index (χ0) is 24.6. The van der Waals surface area contributed by atoms with E-state index in [0.29, 0.717) is 10.8 Å². The Morgan fingerprint density at radius 3 is 2.20 bits per heavy atom. The van der Waals surface area contributed by atoms with Crippen molar-refractivity contribution >= 4 is 26.4 Å². The first-order chi connectivity index (χ1) is 16.8. The third-order valence-corrected chi connectivity index (χ3v) is 7.75. The first-order valence-corrected chi connectivity index (χ1v) is 14.0. The maximum Gasteiger partial charge on any atom is 0.175 e. The van der Waals surface area contributed by atoms with Crippen LogP contribution in [0.5, 0.6) is 0 Å². The highest BCUT2D eigenvalue weighted by Crippen LogP contribution is 2.29. The molecule has 0 unspecified atom stereocenters. The molecule has 1 aliphatic heterocycles. The van der Waals surface area contributed by atoms with Crippen molar-refractivity contribution in [2.45, 2.75) is 18.7 Å². The van der Waals surface area contributed by atoms with E-state index in [1.54, 1.807) is 12.1 Å². The van der Waals surface area contributed by atoms with Gasteiger partial charge in [-0.25, -0.2) is 8.42 Å². The minimum absolute atomic E-state index is 0.321. The van der Waals surface area contributed by atoms with Crippen molar-refractivity contribution in [3.05, 3.63) is 66.9 Å². The monoisotopic (exact) mass is 488 g/mol. The smallest absolute Gasteiger partial charge is 0.175 e. The predicted molar refractivity (Wildman–Crippen MR) is 144 cm³/mol. The number of pyridine rings is 1. The molecule has 5 rings (SSSR count). The molecule has 2 aromatic heterocycles. The Morgan fingerprint density at radius 1 is 0.914 bits per heavy atom. The number of hydrogen-bond donors (Lipinski definition) is 1. The van der Waals surface area contributed by atoms with E-state index in [1.807, 2.05) is 24.4 Å². The Kier molecular flexibility index (Phi) is 6.38. The van der Waals surface area contributed by atoms with Crippen LogP contribution in [-0.4, -0.2) is 62.3 Å².